The Morgan fingerprint density at radius 1 is 1.44 bits per heavy atom. The number of hydrogen-bond donors (Lipinski definition) is 1. The maximum absolute atomic E-state index is 11.2. The van der Waals surface area contributed by atoms with Gasteiger partial charge in [-0.15, -0.1) is 0 Å². The van der Waals surface area contributed by atoms with Crippen LogP contribution < -0.4 is 5.32 Å². The molecule has 0 saturated heterocycles. The molecule has 0 rings (SSSR count). The summed E-state index contributed by atoms with van der Waals surface area (Å²) in [6.07, 6.45) is 4.67. The number of carbonyl (C=O) groups excluding carboxylic acids is 2. The fraction of sp³-hybridized carbons (Fsp3) is 0.667. The second kappa shape index (κ2) is 7.04. The fourth-order valence-electron chi connectivity index (χ4n) is 0.987. The minimum atomic E-state index is -0.474. The van der Waals surface area contributed by atoms with Crippen LogP contribution in [0, 0.1) is 5.92 Å². The molecule has 0 aliphatic heterocycles. The van der Waals surface area contributed by atoms with Gasteiger partial charge in [-0.2, -0.15) is 0 Å². The first kappa shape index (κ1) is 14.7. The minimum absolute atomic E-state index is 0.206. The lowest BCUT2D eigenvalue weighted by Gasteiger charge is -2.19. The van der Waals surface area contributed by atoms with Crippen LogP contribution in [0.25, 0.3) is 0 Å². The number of alkyl carbamates (subject to hydrolysis) is 1. The van der Waals surface area contributed by atoms with Gasteiger partial charge in [-0.05, 0) is 26.7 Å². The SMILES string of the molecule is CC(/C=C/CNC(=O)OC(C)(C)C)CC=O. The first-order valence-electron chi connectivity index (χ1n) is 5.42. The number of nitrogens with one attached hydrogen (secondary N) is 1. The Kier molecular flexibility index (Phi) is 6.46. The van der Waals surface area contributed by atoms with E-state index in [1.807, 2.05) is 39.8 Å². The molecular weight excluding hydrogens is 206 g/mol. The van der Waals surface area contributed by atoms with Crippen LogP contribution >= 0.6 is 0 Å². The summed E-state index contributed by atoms with van der Waals surface area (Å²) in [5, 5.41) is 2.60. The van der Waals surface area contributed by atoms with Crippen LogP contribution in [0.4, 0.5) is 4.79 Å². The molecule has 0 saturated carbocycles. The summed E-state index contributed by atoms with van der Waals surface area (Å²) in [6.45, 7) is 7.80. The molecule has 0 fully saturated rings. The van der Waals surface area contributed by atoms with Crippen molar-refractivity contribution in [3.63, 3.8) is 0 Å². The van der Waals surface area contributed by atoms with Crippen LogP contribution in [0.5, 0.6) is 0 Å². The van der Waals surface area contributed by atoms with Gasteiger partial charge >= 0.3 is 6.09 Å². The molecule has 0 aromatic carbocycles. The summed E-state index contributed by atoms with van der Waals surface area (Å²) >= 11 is 0. The van der Waals surface area contributed by atoms with Crippen LogP contribution in [0.2, 0.25) is 0 Å². The Labute approximate surface area is 97.1 Å². The van der Waals surface area contributed by atoms with E-state index in [0.717, 1.165) is 6.29 Å². The summed E-state index contributed by atoms with van der Waals surface area (Å²) < 4.78 is 5.05. The average Bonchev–Trinajstić information content (AvgIpc) is 2.10. The van der Waals surface area contributed by atoms with E-state index in [4.69, 9.17) is 4.74 Å². The zero-order valence-corrected chi connectivity index (χ0v) is 10.4. The second-order valence-electron chi connectivity index (χ2n) is 4.69. The van der Waals surface area contributed by atoms with E-state index in [2.05, 4.69) is 5.32 Å². The van der Waals surface area contributed by atoms with Crippen LogP contribution in [-0.4, -0.2) is 24.5 Å². The van der Waals surface area contributed by atoms with E-state index in [1.54, 1.807) is 0 Å². The molecule has 0 spiro atoms. The average molecular weight is 227 g/mol. The van der Waals surface area contributed by atoms with Gasteiger partial charge in [0.2, 0.25) is 0 Å². The highest BCUT2D eigenvalue weighted by atomic mass is 16.6. The van der Waals surface area contributed by atoms with Gasteiger partial charge in [-0.25, -0.2) is 4.79 Å². The molecule has 0 radical (unpaired) electrons. The Morgan fingerprint density at radius 3 is 2.56 bits per heavy atom. The van der Waals surface area contributed by atoms with Gasteiger partial charge in [0.25, 0.3) is 0 Å². The third kappa shape index (κ3) is 9.24. The summed E-state index contributed by atoms with van der Waals surface area (Å²) in [4.78, 5) is 21.4. The van der Waals surface area contributed by atoms with Crippen molar-refractivity contribution in [1.82, 2.24) is 5.32 Å². The highest BCUT2D eigenvalue weighted by Gasteiger charge is 2.14. The van der Waals surface area contributed by atoms with Crippen molar-refractivity contribution in [2.75, 3.05) is 6.54 Å². The van der Waals surface area contributed by atoms with Gasteiger partial charge in [-0.3, -0.25) is 0 Å². The van der Waals surface area contributed by atoms with Crippen molar-refractivity contribution >= 4 is 12.4 Å². The first-order chi connectivity index (χ1) is 7.35. The van der Waals surface area contributed by atoms with Gasteiger partial charge in [0, 0.05) is 13.0 Å². The summed E-state index contributed by atoms with van der Waals surface area (Å²) in [5.74, 6) is 0.206. The Balaban J connectivity index is 3.73. The molecule has 92 valence electrons. The largest absolute Gasteiger partial charge is 0.444 e. The summed E-state index contributed by atoms with van der Waals surface area (Å²) in [7, 11) is 0. The lowest BCUT2D eigenvalue weighted by Crippen LogP contribution is -2.32. The molecule has 0 aromatic heterocycles. The minimum Gasteiger partial charge on any atom is -0.444 e. The van der Waals surface area contributed by atoms with Gasteiger partial charge in [0.1, 0.15) is 11.9 Å². The molecule has 4 heteroatoms. The van der Waals surface area contributed by atoms with E-state index >= 15 is 0 Å². The summed E-state index contributed by atoms with van der Waals surface area (Å²) in [5.41, 5.74) is -0.474. The predicted octanol–water partition coefficient (Wildman–Crippen LogP) is 2.29. The van der Waals surface area contributed by atoms with Crippen LogP contribution in [0.15, 0.2) is 12.2 Å². The van der Waals surface area contributed by atoms with Crippen LogP contribution in [0.1, 0.15) is 34.1 Å². The maximum Gasteiger partial charge on any atom is 0.407 e. The number of rotatable bonds is 5. The fourth-order valence-corrected chi connectivity index (χ4v) is 0.987. The molecule has 1 amide bonds. The second-order valence-corrected chi connectivity index (χ2v) is 4.69. The molecule has 4 nitrogen and oxygen atoms in total. The van der Waals surface area contributed by atoms with Crippen molar-refractivity contribution < 1.29 is 14.3 Å². The molecular formula is C12H21NO3. The monoisotopic (exact) mass is 227 g/mol. The first-order valence-corrected chi connectivity index (χ1v) is 5.42. The lowest BCUT2D eigenvalue weighted by atomic mass is 10.1. The Hall–Kier alpha value is -1.32. The van der Waals surface area contributed by atoms with Crippen molar-refractivity contribution in [2.45, 2.75) is 39.7 Å². The zero-order chi connectivity index (χ0) is 12.6. The number of ether oxygens (including phenoxy) is 1. The highest BCUT2D eigenvalue weighted by molar-refractivity contribution is 5.67. The van der Waals surface area contributed by atoms with Gasteiger partial charge < -0.3 is 14.8 Å². The van der Waals surface area contributed by atoms with E-state index in [1.165, 1.54) is 0 Å². The summed E-state index contributed by atoms with van der Waals surface area (Å²) in [6, 6.07) is 0. The number of allylic oxidation sites excluding steroid dienone is 1. The van der Waals surface area contributed by atoms with Crippen molar-refractivity contribution in [2.24, 2.45) is 5.92 Å². The Bertz CT molecular complexity index is 253. The van der Waals surface area contributed by atoms with E-state index in [9.17, 15) is 9.59 Å². The smallest absolute Gasteiger partial charge is 0.407 e. The number of aldehydes is 1. The van der Waals surface area contributed by atoms with E-state index in [-0.39, 0.29) is 5.92 Å². The van der Waals surface area contributed by atoms with Crippen molar-refractivity contribution in [1.29, 1.82) is 0 Å². The van der Waals surface area contributed by atoms with Crippen molar-refractivity contribution in [3.8, 4) is 0 Å². The molecule has 0 aliphatic carbocycles. The number of hydrogen-bond acceptors (Lipinski definition) is 3. The lowest BCUT2D eigenvalue weighted by molar-refractivity contribution is -0.108. The molecule has 16 heavy (non-hydrogen) atoms. The standard InChI is InChI=1S/C12H21NO3/c1-10(7-9-14)6-5-8-13-11(15)16-12(2,3)4/h5-6,9-10H,7-8H2,1-4H3,(H,13,15)/b6-5+. The predicted molar refractivity (Wildman–Crippen MR) is 63.2 cm³/mol. The molecule has 0 bridgehead atoms. The quantitative estimate of drug-likeness (QED) is 0.579. The number of carbonyl (C=O) groups is 2. The number of amides is 1. The molecule has 0 heterocycles. The van der Waals surface area contributed by atoms with Crippen molar-refractivity contribution in [3.05, 3.63) is 12.2 Å². The van der Waals surface area contributed by atoms with Crippen LogP contribution in [0.3, 0.4) is 0 Å². The third-order valence-electron chi connectivity index (χ3n) is 1.70. The van der Waals surface area contributed by atoms with Gasteiger partial charge in [0.05, 0.1) is 0 Å². The maximum atomic E-state index is 11.2. The van der Waals surface area contributed by atoms with E-state index in [0.29, 0.717) is 13.0 Å². The Morgan fingerprint density at radius 2 is 2.06 bits per heavy atom. The molecule has 0 aromatic rings. The normalized spacial score (nSPS) is 13.5. The van der Waals surface area contributed by atoms with Gasteiger partial charge in [0.15, 0.2) is 0 Å². The van der Waals surface area contributed by atoms with Crippen LogP contribution in [-0.2, 0) is 9.53 Å². The van der Waals surface area contributed by atoms with E-state index < -0.39 is 11.7 Å². The zero-order valence-electron chi connectivity index (χ0n) is 10.4. The highest BCUT2D eigenvalue weighted by Crippen LogP contribution is 2.06. The molecule has 1 N–H and O–H groups in total. The third-order valence-corrected chi connectivity index (χ3v) is 1.70. The molecule has 1 unspecified atom stereocenters. The topological polar surface area (TPSA) is 55.4 Å². The molecule has 1 atom stereocenters. The van der Waals surface area contributed by atoms with Gasteiger partial charge in [-0.1, -0.05) is 19.1 Å². The molecule has 0 aliphatic rings.